The monoisotopic (exact) mass is 268 g/mol. The number of fused-ring (bicyclic) bond motifs is 2. The molecule has 3 rings (SSSR count). The lowest BCUT2D eigenvalue weighted by molar-refractivity contribution is 0.0978. The molecule has 0 spiro atoms. The third kappa shape index (κ3) is 1.54. The summed E-state index contributed by atoms with van der Waals surface area (Å²) in [5.74, 6) is -0.671. The number of carbonyl (C=O) groups is 2. The van der Waals surface area contributed by atoms with E-state index in [1.165, 1.54) is 24.3 Å². The van der Waals surface area contributed by atoms with Gasteiger partial charge in [0.05, 0.1) is 0 Å². The Balaban J connectivity index is 2.33. The molecule has 4 nitrogen and oxygen atoms in total. The van der Waals surface area contributed by atoms with Gasteiger partial charge < -0.3 is 10.2 Å². The quantitative estimate of drug-likeness (QED) is 0.657. The van der Waals surface area contributed by atoms with Crippen molar-refractivity contribution in [3.8, 4) is 11.5 Å². The highest BCUT2D eigenvalue weighted by atomic mass is 16.3. The number of aromatic hydroxyl groups is 2. The van der Waals surface area contributed by atoms with E-state index < -0.39 is 0 Å². The van der Waals surface area contributed by atoms with Gasteiger partial charge in [-0.2, -0.15) is 0 Å². The van der Waals surface area contributed by atoms with Crippen LogP contribution in [0.2, 0.25) is 0 Å². The van der Waals surface area contributed by atoms with Crippen LogP contribution in [0, 0.1) is 13.8 Å². The van der Waals surface area contributed by atoms with Crippen molar-refractivity contribution < 1.29 is 19.8 Å². The first-order valence-corrected chi connectivity index (χ1v) is 6.16. The molecule has 2 aromatic carbocycles. The van der Waals surface area contributed by atoms with Gasteiger partial charge in [-0.25, -0.2) is 0 Å². The Labute approximate surface area is 115 Å². The van der Waals surface area contributed by atoms with Crippen LogP contribution in [-0.2, 0) is 0 Å². The molecule has 0 saturated carbocycles. The van der Waals surface area contributed by atoms with Crippen molar-refractivity contribution in [3.05, 3.63) is 57.6 Å². The van der Waals surface area contributed by atoms with Crippen LogP contribution < -0.4 is 0 Å². The Bertz CT molecular complexity index is 658. The molecule has 0 heterocycles. The predicted molar refractivity (Wildman–Crippen MR) is 72.6 cm³/mol. The average Bonchev–Trinajstić information content (AvgIpc) is 2.41. The first kappa shape index (κ1) is 12.4. The fraction of sp³-hybridized carbons (Fsp3) is 0.125. The summed E-state index contributed by atoms with van der Waals surface area (Å²) in [6, 6.07) is 5.67. The van der Waals surface area contributed by atoms with Crippen molar-refractivity contribution in [2.24, 2.45) is 0 Å². The Morgan fingerprint density at radius 1 is 0.650 bits per heavy atom. The second-order valence-electron chi connectivity index (χ2n) is 5.03. The van der Waals surface area contributed by atoms with Gasteiger partial charge in [-0.15, -0.1) is 0 Å². The molecule has 1 aliphatic rings. The lowest BCUT2D eigenvalue weighted by atomic mass is 9.82. The summed E-state index contributed by atoms with van der Waals surface area (Å²) in [5.41, 5.74) is 2.03. The van der Waals surface area contributed by atoms with Crippen molar-refractivity contribution in [2.75, 3.05) is 0 Å². The number of phenolic OH excluding ortho intramolecular Hbond substituents is 2. The van der Waals surface area contributed by atoms with Gasteiger partial charge in [-0.3, -0.25) is 9.59 Å². The summed E-state index contributed by atoms with van der Waals surface area (Å²) in [4.78, 5) is 24.9. The number of benzene rings is 2. The van der Waals surface area contributed by atoms with Gasteiger partial charge in [0.1, 0.15) is 11.5 Å². The minimum absolute atomic E-state index is 0.0234. The van der Waals surface area contributed by atoms with Crippen LogP contribution in [0.5, 0.6) is 11.5 Å². The smallest absolute Gasteiger partial charge is 0.194 e. The highest BCUT2D eigenvalue weighted by Crippen LogP contribution is 2.34. The zero-order valence-corrected chi connectivity index (χ0v) is 11.0. The molecule has 0 fully saturated rings. The van der Waals surface area contributed by atoms with Gasteiger partial charge in [0, 0.05) is 22.3 Å². The fourth-order valence-corrected chi connectivity index (χ4v) is 2.43. The highest BCUT2D eigenvalue weighted by molar-refractivity contribution is 6.28. The molecule has 100 valence electrons. The van der Waals surface area contributed by atoms with E-state index in [0.29, 0.717) is 22.3 Å². The van der Waals surface area contributed by atoms with Crippen molar-refractivity contribution >= 4 is 11.6 Å². The molecular weight excluding hydrogens is 256 g/mol. The lowest BCUT2D eigenvalue weighted by Gasteiger charge is -2.19. The minimum Gasteiger partial charge on any atom is -0.508 e. The Kier molecular flexibility index (Phi) is 2.44. The van der Waals surface area contributed by atoms with E-state index in [1.54, 1.807) is 13.8 Å². The standard InChI is InChI=1S/C16H12O4/c1-7-3-9-11(5-13(7)17)16(20)12-6-14(18)8(2)4-10(12)15(9)19/h3-6,17-18H,1-2H3. The number of rotatable bonds is 0. The molecule has 0 aliphatic heterocycles. The van der Waals surface area contributed by atoms with Gasteiger partial charge >= 0.3 is 0 Å². The Morgan fingerprint density at radius 2 is 0.950 bits per heavy atom. The molecule has 0 amide bonds. The zero-order chi connectivity index (χ0) is 14.6. The van der Waals surface area contributed by atoms with Gasteiger partial charge in [0.2, 0.25) is 0 Å². The van der Waals surface area contributed by atoms with Crippen LogP contribution in [0.4, 0.5) is 0 Å². The Hall–Kier alpha value is -2.62. The molecule has 20 heavy (non-hydrogen) atoms. The predicted octanol–water partition coefficient (Wildman–Crippen LogP) is 2.49. The van der Waals surface area contributed by atoms with E-state index in [4.69, 9.17) is 0 Å². The van der Waals surface area contributed by atoms with Crippen LogP contribution in [0.1, 0.15) is 43.0 Å². The number of phenols is 2. The molecule has 4 heteroatoms. The molecule has 0 saturated heterocycles. The largest absolute Gasteiger partial charge is 0.508 e. The first-order chi connectivity index (χ1) is 9.40. The fourth-order valence-electron chi connectivity index (χ4n) is 2.43. The number of ketones is 2. The van der Waals surface area contributed by atoms with Gasteiger partial charge in [-0.05, 0) is 49.2 Å². The van der Waals surface area contributed by atoms with Crippen molar-refractivity contribution in [2.45, 2.75) is 13.8 Å². The minimum atomic E-state index is -0.361. The summed E-state index contributed by atoms with van der Waals surface area (Å²) < 4.78 is 0. The topological polar surface area (TPSA) is 74.6 Å². The molecule has 0 unspecified atom stereocenters. The maximum atomic E-state index is 12.5. The normalized spacial score (nSPS) is 13.1. The van der Waals surface area contributed by atoms with Crippen LogP contribution >= 0.6 is 0 Å². The molecule has 0 bridgehead atoms. The SMILES string of the molecule is Cc1cc2c(cc1O)C(=O)c1cc(O)c(C)cc1C2=O. The van der Waals surface area contributed by atoms with E-state index in [0.717, 1.165) is 0 Å². The molecule has 1 aliphatic carbocycles. The van der Waals surface area contributed by atoms with E-state index in [-0.39, 0.29) is 34.2 Å². The number of aryl methyl sites for hydroxylation is 2. The molecule has 0 atom stereocenters. The number of carbonyl (C=O) groups excluding carboxylic acids is 2. The molecule has 2 aromatic rings. The van der Waals surface area contributed by atoms with Gasteiger partial charge in [0.15, 0.2) is 11.6 Å². The van der Waals surface area contributed by atoms with Crippen molar-refractivity contribution in [1.82, 2.24) is 0 Å². The summed E-state index contributed by atoms with van der Waals surface area (Å²) in [6.07, 6.45) is 0. The van der Waals surface area contributed by atoms with Crippen molar-refractivity contribution in [3.63, 3.8) is 0 Å². The van der Waals surface area contributed by atoms with E-state index in [2.05, 4.69) is 0 Å². The van der Waals surface area contributed by atoms with Crippen molar-refractivity contribution in [1.29, 1.82) is 0 Å². The second-order valence-corrected chi connectivity index (χ2v) is 5.03. The summed E-state index contributed by atoms with van der Waals surface area (Å²) >= 11 is 0. The summed E-state index contributed by atoms with van der Waals surface area (Å²) in [6.45, 7) is 3.34. The van der Waals surface area contributed by atoms with E-state index in [9.17, 15) is 19.8 Å². The van der Waals surface area contributed by atoms with Crippen LogP contribution in [0.15, 0.2) is 24.3 Å². The van der Waals surface area contributed by atoms with Crippen LogP contribution in [0.25, 0.3) is 0 Å². The lowest BCUT2D eigenvalue weighted by Crippen LogP contribution is -2.21. The summed E-state index contributed by atoms with van der Waals surface area (Å²) in [5, 5.41) is 19.4. The van der Waals surface area contributed by atoms with Crippen LogP contribution in [0.3, 0.4) is 0 Å². The van der Waals surface area contributed by atoms with E-state index in [1.807, 2.05) is 0 Å². The Morgan fingerprint density at radius 3 is 1.30 bits per heavy atom. The summed E-state index contributed by atoms with van der Waals surface area (Å²) in [7, 11) is 0. The van der Waals surface area contributed by atoms with E-state index >= 15 is 0 Å². The number of hydrogen-bond donors (Lipinski definition) is 2. The first-order valence-electron chi connectivity index (χ1n) is 6.16. The highest BCUT2D eigenvalue weighted by Gasteiger charge is 2.31. The maximum Gasteiger partial charge on any atom is 0.194 e. The molecule has 2 N–H and O–H groups in total. The number of hydrogen-bond acceptors (Lipinski definition) is 4. The maximum absolute atomic E-state index is 12.5. The molecule has 0 radical (unpaired) electrons. The van der Waals surface area contributed by atoms with Gasteiger partial charge in [0.25, 0.3) is 0 Å². The average molecular weight is 268 g/mol. The zero-order valence-electron chi connectivity index (χ0n) is 11.0. The van der Waals surface area contributed by atoms with Crippen LogP contribution in [-0.4, -0.2) is 21.8 Å². The second kappa shape index (κ2) is 3.93. The molecular formula is C16H12O4. The molecule has 0 aromatic heterocycles. The van der Waals surface area contributed by atoms with Gasteiger partial charge in [-0.1, -0.05) is 0 Å². The third-order valence-electron chi connectivity index (χ3n) is 3.65. The third-order valence-corrected chi connectivity index (χ3v) is 3.65.